The highest BCUT2D eigenvalue weighted by molar-refractivity contribution is 5.25. The van der Waals surface area contributed by atoms with Gasteiger partial charge in [0.2, 0.25) is 0 Å². The van der Waals surface area contributed by atoms with Crippen LogP contribution in [0.15, 0.2) is 24.3 Å². The molecule has 108 valence electrons. The zero-order valence-corrected chi connectivity index (χ0v) is 13.2. The number of nitrogens with one attached hydrogen (secondary N) is 1. The Balaban J connectivity index is 2.66. The monoisotopic (exact) mass is 261 g/mol. The third-order valence-electron chi connectivity index (χ3n) is 3.51. The fourth-order valence-corrected chi connectivity index (χ4v) is 2.47. The molecule has 19 heavy (non-hydrogen) atoms. The first kappa shape index (κ1) is 16.2. The smallest absolute Gasteiger partial charge is 0.0320 e. The molecule has 0 aliphatic carbocycles. The molecule has 1 nitrogen and oxygen atoms in total. The topological polar surface area (TPSA) is 12.0 Å². The minimum atomic E-state index is 0.535. The zero-order chi connectivity index (χ0) is 14.1. The first-order valence-electron chi connectivity index (χ1n) is 7.99. The van der Waals surface area contributed by atoms with Gasteiger partial charge in [-0.2, -0.15) is 0 Å². The molecule has 0 saturated heterocycles. The van der Waals surface area contributed by atoms with Crippen LogP contribution < -0.4 is 5.32 Å². The van der Waals surface area contributed by atoms with Gasteiger partial charge in [-0.1, -0.05) is 64.8 Å². The van der Waals surface area contributed by atoms with Crippen LogP contribution in [0.1, 0.15) is 70.5 Å². The molecule has 1 aromatic rings. The van der Waals surface area contributed by atoms with Crippen molar-refractivity contribution in [1.82, 2.24) is 5.32 Å². The van der Waals surface area contributed by atoms with E-state index in [1.54, 1.807) is 0 Å². The van der Waals surface area contributed by atoms with Crippen LogP contribution in [-0.4, -0.2) is 6.54 Å². The molecular formula is C18H31N. The van der Waals surface area contributed by atoms with E-state index in [4.69, 9.17) is 0 Å². The zero-order valence-electron chi connectivity index (χ0n) is 13.2. The second-order valence-electron chi connectivity index (χ2n) is 5.99. The van der Waals surface area contributed by atoms with E-state index < -0.39 is 0 Å². The van der Waals surface area contributed by atoms with E-state index in [0.717, 1.165) is 12.5 Å². The maximum Gasteiger partial charge on any atom is 0.0320 e. The highest BCUT2D eigenvalue weighted by Crippen LogP contribution is 2.21. The molecule has 0 aliphatic rings. The van der Waals surface area contributed by atoms with E-state index in [-0.39, 0.29) is 0 Å². The molecule has 0 heterocycles. The van der Waals surface area contributed by atoms with E-state index in [0.29, 0.717) is 6.04 Å². The first-order valence-corrected chi connectivity index (χ1v) is 7.99. The summed E-state index contributed by atoms with van der Waals surface area (Å²) >= 11 is 0. The standard InChI is InChI=1S/C18H31N/c1-5-7-8-18(19-13-6-2)17-11-9-16(10-12-17)14-15(3)4/h9-12,15,18-19H,5-8,13-14H2,1-4H3. The molecule has 0 radical (unpaired) electrons. The molecule has 0 bridgehead atoms. The van der Waals surface area contributed by atoms with Gasteiger partial charge < -0.3 is 5.32 Å². The van der Waals surface area contributed by atoms with Gasteiger partial charge in [-0.3, -0.25) is 0 Å². The van der Waals surface area contributed by atoms with Crippen molar-refractivity contribution in [3.05, 3.63) is 35.4 Å². The van der Waals surface area contributed by atoms with Crippen molar-refractivity contribution in [1.29, 1.82) is 0 Å². The summed E-state index contributed by atoms with van der Waals surface area (Å²) < 4.78 is 0. The lowest BCUT2D eigenvalue weighted by Gasteiger charge is -2.19. The molecule has 0 aliphatic heterocycles. The molecule has 1 aromatic carbocycles. The summed E-state index contributed by atoms with van der Waals surface area (Å²) in [5, 5.41) is 3.68. The van der Waals surface area contributed by atoms with Gasteiger partial charge in [0.05, 0.1) is 0 Å². The number of rotatable bonds is 9. The minimum Gasteiger partial charge on any atom is -0.310 e. The Kier molecular flexibility index (Phi) is 7.81. The van der Waals surface area contributed by atoms with Crippen LogP contribution in [0.5, 0.6) is 0 Å². The Morgan fingerprint density at radius 2 is 1.68 bits per heavy atom. The third kappa shape index (κ3) is 6.24. The Morgan fingerprint density at radius 3 is 2.21 bits per heavy atom. The molecule has 1 N–H and O–H groups in total. The van der Waals surface area contributed by atoms with Crippen molar-refractivity contribution >= 4 is 0 Å². The highest BCUT2D eigenvalue weighted by atomic mass is 14.9. The van der Waals surface area contributed by atoms with Crippen LogP contribution in [0.25, 0.3) is 0 Å². The SMILES string of the molecule is CCCCC(NCCC)c1ccc(CC(C)C)cc1. The number of benzene rings is 1. The van der Waals surface area contributed by atoms with Gasteiger partial charge in [0, 0.05) is 6.04 Å². The van der Waals surface area contributed by atoms with Crippen LogP contribution in [0.4, 0.5) is 0 Å². The lowest BCUT2D eigenvalue weighted by molar-refractivity contribution is 0.481. The fourth-order valence-electron chi connectivity index (χ4n) is 2.47. The molecule has 1 unspecified atom stereocenters. The van der Waals surface area contributed by atoms with Crippen LogP contribution >= 0.6 is 0 Å². The summed E-state index contributed by atoms with van der Waals surface area (Å²) in [6.45, 7) is 10.2. The van der Waals surface area contributed by atoms with Crippen LogP contribution in [0.2, 0.25) is 0 Å². The lowest BCUT2D eigenvalue weighted by atomic mass is 9.97. The van der Waals surface area contributed by atoms with Gasteiger partial charge in [0.1, 0.15) is 0 Å². The number of hydrogen-bond acceptors (Lipinski definition) is 1. The lowest BCUT2D eigenvalue weighted by Crippen LogP contribution is -2.22. The minimum absolute atomic E-state index is 0.535. The van der Waals surface area contributed by atoms with Crippen LogP contribution in [0, 0.1) is 5.92 Å². The average Bonchev–Trinajstić information content (AvgIpc) is 2.39. The Hall–Kier alpha value is -0.820. The summed E-state index contributed by atoms with van der Waals surface area (Å²) in [5.74, 6) is 0.736. The third-order valence-corrected chi connectivity index (χ3v) is 3.51. The molecule has 1 atom stereocenters. The average molecular weight is 261 g/mol. The summed E-state index contributed by atoms with van der Waals surface area (Å²) in [6, 6.07) is 9.79. The van der Waals surface area contributed by atoms with Gasteiger partial charge in [-0.15, -0.1) is 0 Å². The molecule has 0 aromatic heterocycles. The molecule has 0 amide bonds. The molecular weight excluding hydrogens is 230 g/mol. The van der Waals surface area contributed by atoms with Crippen molar-refractivity contribution in [2.24, 2.45) is 5.92 Å². The predicted octanol–water partition coefficient (Wildman–Crippen LogP) is 5.12. The summed E-state index contributed by atoms with van der Waals surface area (Å²) in [6.07, 6.45) is 6.21. The summed E-state index contributed by atoms with van der Waals surface area (Å²) in [5.41, 5.74) is 2.91. The molecule has 0 saturated carbocycles. The van der Waals surface area contributed by atoms with Crippen molar-refractivity contribution in [3.8, 4) is 0 Å². The van der Waals surface area contributed by atoms with Gasteiger partial charge in [0.15, 0.2) is 0 Å². The van der Waals surface area contributed by atoms with Gasteiger partial charge in [-0.05, 0) is 42.9 Å². The van der Waals surface area contributed by atoms with Crippen molar-refractivity contribution in [2.75, 3.05) is 6.54 Å². The Bertz CT molecular complexity index is 318. The normalized spacial score (nSPS) is 12.9. The van der Waals surface area contributed by atoms with E-state index in [1.807, 2.05) is 0 Å². The van der Waals surface area contributed by atoms with E-state index in [2.05, 4.69) is 57.3 Å². The second-order valence-corrected chi connectivity index (χ2v) is 5.99. The maximum atomic E-state index is 3.68. The Labute approximate surface area is 119 Å². The summed E-state index contributed by atoms with van der Waals surface area (Å²) in [7, 11) is 0. The highest BCUT2D eigenvalue weighted by Gasteiger charge is 2.10. The Morgan fingerprint density at radius 1 is 1.00 bits per heavy atom. The van der Waals surface area contributed by atoms with Gasteiger partial charge >= 0.3 is 0 Å². The van der Waals surface area contributed by atoms with E-state index in [9.17, 15) is 0 Å². The predicted molar refractivity (Wildman–Crippen MR) is 85.5 cm³/mol. The van der Waals surface area contributed by atoms with Crippen molar-refractivity contribution in [2.45, 2.75) is 65.8 Å². The van der Waals surface area contributed by atoms with Gasteiger partial charge in [0.25, 0.3) is 0 Å². The molecule has 0 spiro atoms. The molecule has 1 rings (SSSR count). The second kappa shape index (κ2) is 9.14. The van der Waals surface area contributed by atoms with Crippen molar-refractivity contribution < 1.29 is 0 Å². The maximum absolute atomic E-state index is 3.68. The van der Waals surface area contributed by atoms with Gasteiger partial charge in [-0.25, -0.2) is 0 Å². The van der Waals surface area contributed by atoms with Crippen molar-refractivity contribution in [3.63, 3.8) is 0 Å². The summed E-state index contributed by atoms with van der Waals surface area (Å²) in [4.78, 5) is 0. The molecule has 1 heteroatoms. The first-order chi connectivity index (χ1) is 9.17. The largest absolute Gasteiger partial charge is 0.310 e. The van der Waals surface area contributed by atoms with Crippen LogP contribution in [-0.2, 0) is 6.42 Å². The quantitative estimate of drug-likeness (QED) is 0.651. The van der Waals surface area contributed by atoms with E-state index in [1.165, 1.54) is 43.2 Å². The fraction of sp³-hybridized carbons (Fsp3) is 0.667. The van der Waals surface area contributed by atoms with Crippen LogP contribution in [0.3, 0.4) is 0 Å². The number of hydrogen-bond donors (Lipinski definition) is 1. The number of unbranched alkanes of at least 4 members (excludes halogenated alkanes) is 1. The molecule has 0 fully saturated rings. The van der Waals surface area contributed by atoms with E-state index >= 15 is 0 Å².